The van der Waals surface area contributed by atoms with Crippen LogP contribution in [0.3, 0.4) is 0 Å². The topological polar surface area (TPSA) is 103 Å². The van der Waals surface area contributed by atoms with Crippen molar-refractivity contribution >= 4 is 51.4 Å². The fourth-order valence-corrected chi connectivity index (χ4v) is 5.08. The molecule has 8 nitrogen and oxygen atoms in total. The van der Waals surface area contributed by atoms with Crippen LogP contribution in [-0.2, 0) is 25.8 Å². The second-order valence-corrected chi connectivity index (χ2v) is 10.1. The molecule has 0 bridgehead atoms. The molecular formula is C33H34KN4O4. The van der Waals surface area contributed by atoms with Crippen LogP contribution in [0.2, 0.25) is 0 Å². The van der Waals surface area contributed by atoms with Crippen molar-refractivity contribution in [3.8, 4) is 28.3 Å². The van der Waals surface area contributed by atoms with Gasteiger partial charge in [0.15, 0.2) is 5.82 Å². The summed E-state index contributed by atoms with van der Waals surface area (Å²) in [7, 11) is 1.65. The van der Waals surface area contributed by atoms with Gasteiger partial charge in [0.1, 0.15) is 11.6 Å². The number of benzene rings is 3. The summed E-state index contributed by atoms with van der Waals surface area (Å²) in [4.78, 5) is 32.9. The number of H-pyrrole nitrogens is 1. The molecule has 0 spiro atoms. The van der Waals surface area contributed by atoms with Gasteiger partial charge in [-0.25, -0.2) is 9.78 Å². The Labute approximate surface area is 287 Å². The average Bonchev–Trinajstić information content (AvgIpc) is 3.44. The molecule has 2 heterocycles. The van der Waals surface area contributed by atoms with Gasteiger partial charge in [0.25, 0.3) is 5.56 Å². The van der Waals surface area contributed by atoms with Gasteiger partial charge in [-0.3, -0.25) is 18.9 Å². The van der Waals surface area contributed by atoms with Crippen LogP contribution >= 0.6 is 0 Å². The van der Waals surface area contributed by atoms with Crippen molar-refractivity contribution in [3.05, 3.63) is 122 Å². The van der Waals surface area contributed by atoms with E-state index in [0.717, 1.165) is 76.3 Å². The van der Waals surface area contributed by atoms with Crippen LogP contribution in [-0.4, -0.2) is 78.2 Å². The summed E-state index contributed by atoms with van der Waals surface area (Å²) in [5.74, 6) is 1.35. The maximum Gasteiger partial charge on any atom is 0.439 e. The van der Waals surface area contributed by atoms with E-state index >= 15 is 0 Å². The van der Waals surface area contributed by atoms with Gasteiger partial charge in [-0.2, -0.15) is 0 Å². The molecule has 0 fully saturated rings. The average molecular weight is 590 g/mol. The predicted octanol–water partition coefficient (Wildman–Crippen LogP) is 5.37. The molecule has 0 saturated heterocycles. The van der Waals surface area contributed by atoms with Crippen LogP contribution in [0, 0.1) is 6.92 Å². The molecule has 0 atom stereocenters. The van der Waals surface area contributed by atoms with Crippen molar-refractivity contribution in [1.82, 2.24) is 19.7 Å². The molecule has 0 unspecified atom stereocenters. The summed E-state index contributed by atoms with van der Waals surface area (Å²) in [6.07, 6.45) is 4.03. The Kier molecular flexibility index (Phi) is 11.3. The van der Waals surface area contributed by atoms with Gasteiger partial charge in [-0.05, 0) is 60.6 Å². The fourth-order valence-electron chi connectivity index (χ4n) is 5.08. The third-order valence-corrected chi connectivity index (χ3v) is 7.36. The second kappa shape index (κ2) is 14.9. The summed E-state index contributed by atoms with van der Waals surface area (Å²) in [5.41, 5.74) is 6.51. The first-order valence-corrected chi connectivity index (χ1v) is 13.9. The fraction of sp³-hybridized carbons (Fsp3) is 0.273. The van der Waals surface area contributed by atoms with Gasteiger partial charge in [0.05, 0.1) is 12.8 Å². The number of nitrogens with one attached hydrogen (secondary N) is 1. The van der Waals surface area contributed by atoms with E-state index in [1.165, 1.54) is 0 Å². The van der Waals surface area contributed by atoms with Crippen molar-refractivity contribution < 1.29 is 9.26 Å². The normalized spacial score (nSPS) is 10.8. The van der Waals surface area contributed by atoms with Crippen LogP contribution < -0.4 is 16.1 Å². The van der Waals surface area contributed by atoms with Gasteiger partial charge >= 0.3 is 5.76 Å². The molecule has 5 aromatic rings. The molecule has 2 aromatic heterocycles. The molecule has 0 aliphatic carbocycles. The van der Waals surface area contributed by atoms with Gasteiger partial charge in [-0.1, -0.05) is 79.2 Å². The van der Waals surface area contributed by atoms with E-state index in [1.807, 2.05) is 79.7 Å². The Bertz CT molecular complexity index is 1740. The Morgan fingerprint density at radius 2 is 1.60 bits per heavy atom. The molecule has 0 aliphatic heterocycles. The minimum absolute atomic E-state index is 0. The largest absolute Gasteiger partial charge is 0.497 e. The monoisotopic (exact) mass is 589 g/mol. The van der Waals surface area contributed by atoms with Crippen molar-refractivity contribution in [2.24, 2.45) is 0 Å². The zero-order valence-electron chi connectivity index (χ0n) is 24.6. The first-order valence-electron chi connectivity index (χ1n) is 13.9. The van der Waals surface area contributed by atoms with Crippen molar-refractivity contribution in [1.29, 1.82) is 0 Å². The number of aromatic nitrogens is 4. The van der Waals surface area contributed by atoms with Crippen molar-refractivity contribution in [2.75, 3.05) is 7.11 Å². The van der Waals surface area contributed by atoms with Crippen LogP contribution in [0.25, 0.3) is 22.5 Å². The number of aromatic amines is 1. The van der Waals surface area contributed by atoms with Gasteiger partial charge < -0.3 is 4.74 Å². The molecule has 1 N–H and O–H groups in total. The van der Waals surface area contributed by atoms with Crippen LogP contribution in [0.4, 0.5) is 0 Å². The number of hydrogen-bond acceptors (Lipinski definition) is 6. The molecule has 0 saturated carbocycles. The number of rotatable bonds is 11. The molecule has 0 aliphatic rings. The van der Waals surface area contributed by atoms with Crippen LogP contribution in [0.1, 0.15) is 48.0 Å². The van der Waals surface area contributed by atoms with Gasteiger partial charge in [-0.15, -0.1) is 0 Å². The molecule has 5 rings (SSSR count). The summed E-state index contributed by atoms with van der Waals surface area (Å²) < 4.78 is 11.8. The van der Waals surface area contributed by atoms with Gasteiger partial charge in [0, 0.05) is 75.5 Å². The quantitative estimate of drug-likeness (QED) is 0.208. The van der Waals surface area contributed by atoms with E-state index < -0.39 is 5.76 Å². The number of aryl methyl sites for hydroxylation is 3. The summed E-state index contributed by atoms with van der Waals surface area (Å²) in [6.45, 7) is 4.63. The first kappa shape index (κ1) is 31.8. The number of ether oxygens (including phenoxy) is 1. The third kappa shape index (κ3) is 7.46. The van der Waals surface area contributed by atoms with E-state index in [2.05, 4.69) is 17.1 Å². The summed E-state index contributed by atoms with van der Waals surface area (Å²) in [5, 5.41) is 3.85. The maximum atomic E-state index is 13.8. The molecule has 0 amide bonds. The molecule has 42 heavy (non-hydrogen) atoms. The predicted molar refractivity (Wildman–Crippen MR) is 165 cm³/mol. The molecular weight excluding hydrogens is 555 g/mol. The zero-order valence-corrected chi connectivity index (χ0v) is 27.8. The second-order valence-electron chi connectivity index (χ2n) is 10.1. The van der Waals surface area contributed by atoms with E-state index in [0.29, 0.717) is 18.8 Å². The maximum absolute atomic E-state index is 13.8. The molecule has 211 valence electrons. The Morgan fingerprint density at radius 3 is 2.24 bits per heavy atom. The van der Waals surface area contributed by atoms with Gasteiger partial charge in [0.2, 0.25) is 0 Å². The number of nitrogens with zero attached hydrogens (tertiary/aromatic N) is 3. The van der Waals surface area contributed by atoms with Crippen molar-refractivity contribution in [2.45, 2.75) is 52.5 Å². The number of methoxy groups -OCH3 is 1. The number of hydrogen-bond donors (Lipinski definition) is 1. The van der Waals surface area contributed by atoms with Crippen molar-refractivity contribution in [3.63, 3.8) is 0 Å². The van der Waals surface area contributed by atoms with Crippen LogP contribution in [0.15, 0.2) is 86.9 Å². The minimum Gasteiger partial charge on any atom is -0.497 e. The smallest absolute Gasteiger partial charge is 0.439 e. The standard InChI is InChI=1S/C33H34N4O4.K/c1-4-5-10-30-29(32(38)37(22(2)34-30)20-19-23-13-17-26(40-3)18-14-23)21-24-11-15-25(16-12-24)27-8-6-7-9-28(27)31-35-33(39)41-36-31;/h6-9,11-18H,4-5,10,19-21H2,1-3H3,(H,35,36,39);. The van der Waals surface area contributed by atoms with E-state index in [1.54, 1.807) is 11.7 Å². The van der Waals surface area contributed by atoms with E-state index in [-0.39, 0.29) is 56.9 Å². The summed E-state index contributed by atoms with van der Waals surface area (Å²) in [6, 6.07) is 23.8. The minimum atomic E-state index is -0.592. The Morgan fingerprint density at radius 1 is 0.905 bits per heavy atom. The Hall–Kier alpha value is -3.08. The SMILES string of the molecule is CCCCc1nc(C)n(CCc2ccc(OC)cc2)c(=O)c1Cc1ccc(-c2ccccc2-c2noc(=O)[nH]2)cc1.[K]. The molecule has 1 radical (unpaired) electrons. The number of unbranched alkanes of at least 4 members (excludes halogenated alkanes) is 1. The molecule has 9 heteroatoms. The summed E-state index contributed by atoms with van der Waals surface area (Å²) >= 11 is 0. The van der Waals surface area contributed by atoms with Crippen LogP contribution in [0.5, 0.6) is 5.75 Å². The van der Waals surface area contributed by atoms with E-state index in [4.69, 9.17) is 14.2 Å². The molecule has 3 aromatic carbocycles. The first-order chi connectivity index (χ1) is 20.0. The third-order valence-electron chi connectivity index (χ3n) is 7.36. The van der Waals surface area contributed by atoms with E-state index in [9.17, 15) is 9.59 Å². The zero-order chi connectivity index (χ0) is 28.8. The Balaban J connectivity index is 0.00000405.